The van der Waals surface area contributed by atoms with E-state index in [0.717, 1.165) is 23.0 Å². The molecule has 5 nitrogen and oxygen atoms in total. The van der Waals surface area contributed by atoms with Crippen LogP contribution in [0, 0.1) is 0 Å². The van der Waals surface area contributed by atoms with E-state index in [-0.39, 0.29) is 5.91 Å². The number of hydrogen-bond donors (Lipinski definition) is 2. The van der Waals surface area contributed by atoms with Crippen molar-refractivity contribution in [3.05, 3.63) is 29.3 Å². The van der Waals surface area contributed by atoms with E-state index in [1.165, 1.54) is 13.3 Å². The third-order valence-corrected chi connectivity index (χ3v) is 2.72. The van der Waals surface area contributed by atoms with Crippen LogP contribution in [-0.4, -0.2) is 27.4 Å². The summed E-state index contributed by atoms with van der Waals surface area (Å²) in [7, 11) is 0. The maximum atomic E-state index is 10.7. The van der Waals surface area contributed by atoms with E-state index in [9.17, 15) is 4.79 Å². The number of aromatic nitrogens is 3. The molecule has 0 bridgehead atoms. The SMILES string of the molecule is CC(=O)NCCC=Cc1c[nH]c2c(Cl)ncnc12. The molecule has 0 atom stereocenters. The van der Waals surface area contributed by atoms with E-state index >= 15 is 0 Å². The monoisotopic (exact) mass is 264 g/mol. The molecule has 18 heavy (non-hydrogen) atoms. The first kappa shape index (κ1) is 12.6. The van der Waals surface area contributed by atoms with Crippen LogP contribution in [0.25, 0.3) is 17.1 Å². The molecular formula is C12H13ClN4O. The number of amides is 1. The summed E-state index contributed by atoms with van der Waals surface area (Å²) in [6.45, 7) is 2.13. The molecule has 0 aromatic carbocycles. The lowest BCUT2D eigenvalue weighted by atomic mass is 10.2. The Labute approximate surface area is 109 Å². The molecule has 0 saturated heterocycles. The minimum absolute atomic E-state index is 0.0185. The molecule has 0 radical (unpaired) electrons. The molecule has 0 aliphatic carbocycles. The fourth-order valence-electron chi connectivity index (χ4n) is 1.60. The summed E-state index contributed by atoms with van der Waals surface area (Å²) < 4.78 is 0. The summed E-state index contributed by atoms with van der Waals surface area (Å²) in [6, 6.07) is 0. The van der Waals surface area contributed by atoms with Crippen molar-refractivity contribution in [3.8, 4) is 0 Å². The van der Waals surface area contributed by atoms with Crippen molar-refractivity contribution < 1.29 is 4.79 Å². The van der Waals surface area contributed by atoms with Crippen molar-refractivity contribution in [1.82, 2.24) is 20.3 Å². The van der Waals surface area contributed by atoms with Gasteiger partial charge < -0.3 is 10.3 Å². The normalized spacial score (nSPS) is 11.2. The van der Waals surface area contributed by atoms with Crippen LogP contribution in [0.4, 0.5) is 0 Å². The molecule has 0 unspecified atom stereocenters. The Morgan fingerprint density at radius 2 is 2.39 bits per heavy atom. The van der Waals surface area contributed by atoms with E-state index in [1.54, 1.807) is 0 Å². The van der Waals surface area contributed by atoms with Crippen LogP contribution in [0.1, 0.15) is 18.9 Å². The largest absolute Gasteiger partial charge is 0.357 e. The van der Waals surface area contributed by atoms with E-state index in [2.05, 4.69) is 20.3 Å². The van der Waals surface area contributed by atoms with E-state index < -0.39 is 0 Å². The van der Waals surface area contributed by atoms with Gasteiger partial charge in [0.1, 0.15) is 17.4 Å². The number of carbonyl (C=O) groups is 1. The predicted molar refractivity (Wildman–Crippen MR) is 71.2 cm³/mol. The van der Waals surface area contributed by atoms with Gasteiger partial charge in [0.25, 0.3) is 0 Å². The predicted octanol–water partition coefficient (Wildman–Crippen LogP) is 2.15. The maximum Gasteiger partial charge on any atom is 0.216 e. The Morgan fingerprint density at radius 1 is 1.56 bits per heavy atom. The summed E-state index contributed by atoms with van der Waals surface area (Å²) in [6.07, 6.45) is 7.97. The fourth-order valence-corrected chi connectivity index (χ4v) is 1.79. The maximum absolute atomic E-state index is 10.7. The number of fused-ring (bicyclic) bond motifs is 1. The molecule has 0 aliphatic heterocycles. The van der Waals surface area contributed by atoms with Gasteiger partial charge in [-0.2, -0.15) is 0 Å². The van der Waals surface area contributed by atoms with Crippen LogP contribution in [0.3, 0.4) is 0 Å². The van der Waals surface area contributed by atoms with E-state index in [1.807, 2.05) is 18.3 Å². The highest BCUT2D eigenvalue weighted by Gasteiger charge is 2.05. The van der Waals surface area contributed by atoms with Crippen LogP contribution in [0.5, 0.6) is 0 Å². The minimum atomic E-state index is -0.0185. The number of rotatable bonds is 4. The molecule has 2 heterocycles. The average molecular weight is 265 g/mol. The molecule has 0 fully saturated rings. The average Bonchev–Trinajstić information content (AvgIpc) is 2.73. The van der Waals surface area contributed by atoms with Gasteiger partial charge in [-0.3, -0.25) is 4.79 Å². The third kappa shape index (κ3) is 2.87. The van der Waals surface area contributed by atoms with Gasteiger partial charge in [0.2, 0.25) is 5.91 Å². The van der Waals surface area contributed by atoms with Crippen molar-refractivity contribution in [2.24, 2.45) is 0 Å². The van der Waals surface area contributed by atoms with Crippen molar-refractivity contribution >= 4 is 34.6 Å². The number of aromatic amines is 1. The Bertz CT molecular complexity index is 591. The molecule has 2 aromatic heterocycles. The number of nitrogens with zero attached hydrogens (tertiary/aromatic N) is 2. The highest BCUT2D eigenvalue weighted by molar-refractivity contribution is 6.33. The summed E-state index contributed by atoms with van der Waals surface area (Å²) in [5, 5.41) is 3.14. The first-order chi connectivity index (χ1) is 8.68. The number of H-pyrrole nitrogens is 1. The molecule has 2 N–H and O–H groups in total. The van der Waals surface area contributed by atoms with Gasteiger partial charge in [-0.05, 0) is 6.42 Å². The number of halogens is 1. The summed E-state index contributed by atoms with van der Waals surface area (Å²) in [4.78, 5) is 21.8. The molecule has 2 rings (SSSR count). The standard InChI is InChI=1S/C12H13ClN4O/c1-8(18)14-5-3-2-4-9-6-15-11-10(9)16-7-17-12(11)13/h2,4,6-7,15H,3,5H2,1H3,(H,14,18). The Kier molecular flexibility index (Phi) is 3.94. The highest BCUT2D eigenvalue weighted by Crippen LogP contribution is 2.21. The quantitative estimate of drug-likeness (QED) is 0.657. The second kappa shape index (κ2) is 5.64. The molecule has 1 amide bonds. The zero-order valence-electron chi connectivity index (χ0n) is 9.90. The van der Waals surface area contributed by atoms with Crippen molar-refractivity contribution in [3.63, 3.8) is 0 Å². The Morgan fingerprint density at radius 3 is 3.17 bits per heavy atom. The van der Waals surface area contributed by atoms with Gasteiger partial charge in [-0.25, -0.2) is 9.97 Å². The second-order valence-corrected chi connectivity index (χ2v) is 4.16. The number of carbonyl (C=O) groups excluding carboxylic acids is 1. The molecule has 0 spiro atoms. The van der Waals surface area contributed by atoms with Crippen molar-refractivity contribution in [2.45, 2.75) is 13.3 Å². The zero-order valence-corrected chi connectivity index (χ0v) is 10.7. The van der Waals surface area contributed by atoms with E-state index in [4.69, 9.17) is 11.6 Å². The Hall–Kier alpha value is -1.88. The first-order valence-electron chi connectivity index (χ1n) is 5.57. The smallest absolute Gasteiger partial charge is 0.216 e. The number of hydrogen-bond acceptors (Lipinski definition) is 3. The van der Waals surface area contributed by atoms with Crippen LogP contribution < -0.4 is 5.32 Å². The van der Waals surface area contributed by atoms with Gasteiger partial charge in [0.05, 0.1) is 0 Å². The van der Waals surface area contributed by atoms with Crippen LogP contribution in [0.15, 0.2) is 18.6 Å². The first-order valence-corrected chi connectivity index (χ1v) is 5.95. The van der Waals surface area contributed by atoms with Gasteiger partial charge in [-0.1, -0.05) is 23.8 Å². The molecule has 94 valence electrons. The highest BCUT2D eigenvalue weighted by atomic mass is 35.5. The van der Waals surface area contributed by atoms with Crippen LogP contribution in [0.2, 0.25) is 5.15 Å². The van der Waals surface area contributed by atoms with Gasteiger partial charge in [0, 0.05) is 25.2 Å². The second-order valence-electron chi connectivity index (χ2n) is 3.81. The zero-order chi connectivity index (χ0) is 13.0. The summed E-state index contributed by atoms with van der Waals surface area (Å²) >= 11 is 5.94. The molecule has 2 aromatic rings. The summed E-state index contributed by atoms with van der Waals surface area (Å²) in [5.74, 6) is -0.0185. The fraction of sp³-hybridized carbons (Fsp3) is 0.250. The molecule has 6 heteroatoms. The summed E-state index contributed by atoms with van der Waals surface area (Å²) in [5.41, 5.74) is 2.49. The molecule has 0 saturated carbocycles. The van der Waals surface area contributed by atoms with Gasteiger partial charge in [0.15, 0.2) is 5.15 Å². The van der Waals surface area contributed by atoms with Crippen LogP contribution in [-0.2, 0) is 4.79 Å². The lowest BCUT2D eigenvalue weighted by Gasteiger charge is -1.96. The van der Waals surface area contributed by atoms with Crippen molar-refractivity contribution in [2.75, 3.05) is 6.54 Å². The molecular weight excluding hydrogens is 252 g/mol. The minimum Gasteiger partial charge on any atom is -0.357 e. The van der Waals surface area contributed by atoms with Gasteiger partial charge >= 0.3 is 0 Å². The lowest BCUT2D eigenvalue weighted by molar-refractivity contribution is -0.118. The van der Waals surface area contributed by atoms with Crippen molar-refractivity contribution in [1.29, 1.82) is 0 Å². The number of nitrogens with one attached hydrogen (secondary N) is 2. The van der Waals surface area contributed by atoms with Gasteiger partial charge in [-0.15, -0.1) is 0 Å². The third-order valence-electron chi connectivity index (χ3n) is 2.43. The van der Waals surface area contributed by atoms with Crippen LogP contribution >= 0.6 is 11.6 Å². The van der Waals surface area contributed by atoms with E-state index in [0.29, 0.717) is 11.7 Å². The lowest BCUT2D eigenvalue weighted by Crippen LogP contribution is -2.20. The topological polar surface area (TPSA) is 70.7 Å². The Balaban J connectivity index is 2.06. The molecule has 0 aliphatic rings.